The zero-order chi connectivity index (χ0) is 14.0. The van der Waals surface area contributed by atoms with Gasteiger partial charge in [-0.3, -0.25) is 0 Å². The highest BCUT2D eigenvalue weighted by Gasteiger charge is 2.25. The van der Waals surface area contributed by atoms with Gasteiger partial charge >= 0.3 is 0 Å². The summed E-state index contributed by atoms with van der Waals surface area (Å²) in [6.07, 6.45) is 0.743. The number of aliphatic hydroxyl groups excluding tert-OH is 1. The minimum absolute atomic E-state index is 0.263. The third kappa shape index (κ3) is 3.22. The molecule has 1 aliphatic heterocycles. The lowest BCUT2D eigenvalue weighted by atomic mass is 9.95. The summed E-state index contributed by atoms with van der Waals surface area (Å²) in [7, 11) is 1.94. The second-order valence-corrected chi connectivity index (χ2v) is 5.91. The van der Waals surface area contributed by atoms with Crippen LogP contribution in [-0.4, -0.2) is 31.3 Å². The molecule has 1 heterocycles. The molecular weight excluding hydrogens is 260 g/mol. The number of rotatable bonds is 3. The van der Waals surface area contributed by atoms with Gasteiger partial charge in [-0.25, -0.2) is 0 Å². The highest BCUT2D eigenvalue weighted by Crippen LogP contribution is 2.31. The lowest BCUT2D eigenvalue weighted by Crippen LogP contribution is -2.43. The Bertz CT molecular complexity index is 438. The van der Waals surface area contributed by atoms with Gasteiger partial charge in [-0.15, -0.1) is 0 Å². The molecule has 0 aliphatic carbocycles. The third-order valence-corrected chi connectivity index (χ3v) is 4.47. The molecule has 1 aromatic carbocycles. The highest BCUT2D eigenvalue weighted by atomic mass is 35.5. The van der Waals surface area contributed by atoms with Crippen molar-refractivity contribution in [3.05, 3.63) is 28.8 Å². The molecule has 0 aromatic heterocycles. The van der Waals surface area contributed by atoms with Crippen molar-refractivity contribution in [3.8, 4) is 0 Å². The maximum absolute atomic E-state index is 9.99. The number of β-amino-alcohol motifs (C(OH)–C–C–N with tert-alkyl or cyclic N) is 1. The van der Waals surface area contributed by atoms with E-state index in [9.17, 15) is 5.11 Å². The monoisotopic (exact) mass is 282 g/mol. The van der Waals surface area contributed by atoms with Crippen molar-refractivity contribution >= 4 is 17.3 Å². The standard InChI is InChI=1S/C15H23ClN2O/c1-10-6-7-18(9-15(10)19)14-5-4-12(8-13(14)16)11(2)17-3/h4-5,8,10-11,15,17,19H,6-7,9H2,1-3H3. The van der Waals surface area contributed by atoms with Crippen LogP contribution in [0.2, 0.25) is 5.02 Å². The van der Waals surface area contributed by atoms with Crippen molar-refractivity contribution in [1.82, 2.24) is 5.32 Å². The molecule has 1 saturated heterocycles. The number of nitrogens with zero attached hydrogens (tertiary/aromatic N) is 1. The van der Waals surface area contributed by atoms with Crippen LogP contribution in [0.1, 0.15) is 31.9 Å². The average Bonchev–Trinajstić information content (AvgIpc) is 2.41. The normalized spacial score (nSPS) is 25.4. The maximum Gasteiger partial charge on any atom is 0.0741 e. The Morgan fingerprint density at radius 2 is 2.21 bits per heavy atom. The summed E-state index contributed by atoms with van der Waals surface area (Å²) in [5.74, 6) is 0.374. The van der Waals surface area contributed by atoms with E-state index in [0.717, 1.165) is 23.7 Å². The van der Waals surface area contributed by atoms with Crippen LogP contribution >= 0.6 is 11.6 Å². The lowest BCUT2D eigenvalue weighted by Gasteiger charge is -2.36. The third-order valence-electron chi connectivity index (χ3n) is 4.16. The van der Waals surface area contributed by atoms with Crippen molar-refractivity contribution in [1.29, 1.82) is 0 Å². The summed E-state index contributed by atoms with van der Waals surface area (Å²) in [5.41, 5.74) is 2.21. The van der Waals surface area contributed by atoms with Crippen LogP contribution in [0.4, 0.5) is 5.69 Å². The molecule has 3 nitrogen and oxygen atoms in total. The van der Waals surface area contributed by atoms with Crippen LogP contribution in [0, 0.1) is 5.92 Å². The molecule has 2 rings (SSSR count). The van der Waals surface area contributed by atoms with E-state index in [4.69, 9.17) is 11.6 Å². The zero-order valence-corrected chi connectivity index (χ0v) is 12.6. The first-order valence-corrected chi connectivity index (χ1v) is 7.30. The Hall–Kier alpha value is -0.770. The highest BCUT2D eigenvalue weighted by molar-refractivity contribution is 6.33. The van der Waals surface area contributed by atoms with Crippen molar-refractivity contribution in [2.24, 2.45) is 5.92 Å². The van der Waals surface area contributed by atoms with Crippen LogP contribution in [0.15, 0.2) is 18.2 Å². The quantitative estimate of drug-likeness (QED) is 0.895. The van der Waals surface area contributed by atoms with Crippen LogP contribution in [-0.2, 0) is 0 Å². The van der Waals surface area contributed by atoms with Crippen molar-refractivity contribution < 1.29 is 5.11 Å². The molecule has 0 spiro atoms. The lowest BCUT2D eigenvalue weighted by molar-refractivity contribution is 0.103. The van der Waals surface area contributed by atoms with Gasteiger partial charge in [0.2, 0.25) is 0 Å². The summed E-state index contributed by atoms with van der Waals surface area (Å²) in [6.45, 7) is 5.83. The predicted molar refractivity (Wildman–Crippen MR) is 80.9 cm³/mol. The van der Waals surface area contributed by atoms with Gasteiger partial charge in [-0.2, -0.15) is 0 Å². The van der Waals surface area contributed by atoms with Gasteiger partial charge in [0.15, 0.2) is 0 Å². The number of anilines is 1. The van der Waals surface area contributed by atoms with Gasteiger partial charge in [0.1, 0.15) is 0 Å². The molecule has 0 amide bonds. The molecule has 106 valence electrons. The van der Waals surface area contributed by atoms with E-state index < -0.39 is 0 Å². The Balaban J connectivity index is 2.17. The van der Waals surface area contributed by atoms with E-state index in [1.165, 1.54) is 5.56 Å². The van der Waals surface area contributed by atoms with Gasteiger partial charge in [-0.05, 0) is 44.0 Å². The number of hydrogen-bond donors (Lipinski definition) is 2. The molecule has 1 aromatic rings. The topological polar surface area (TPSA) is 35.5 Å². The van der Waals surface area contributed by atoms with E-state index in [0.29, 0.717) is 18.5 Å². The molecule has 1 aliphatic rings. The molecule has 4 heteroatoms. The van der Waals surface area contributed by atoms with Crippen LogP contribution < -0.4 is 10.2 Å². The predicted octanol–water partition coefficient (Wildman–Crippen LogP) is 2.83. The van der Waals surface area contributed by atoms with Crippen LogP contribution in [0.3, 0.4) is 0 Å². The number of hydrogen-bond acceptors (Lipinski definition) is 3. The van der Waals surface area contributed by atoms with Gasteiger partial charge < -0.3 is 15.3 Å². The van der Waals surface area contributed by atoms with Crippen molar-refractivity contribution in [3.63, 3.8) is 0 Å². The summed E-state index contributed by atoms with van der Waals surface area (Å²) in [5, 5.41) is 14.0. The fraction of sp³-hybridized carbons (Fsp3) is 0.600. The number of nitrogens with one attached hydrogen (secondary N) is 1. The van der Waals surface area contributed by atoms with E-state index in [2.05, 4.69) is 36.2 Å². The Morgan fingerprint density at radius 1 is 1.47 bits per heavy atom. The SMILES string of the molecule is CNC(C)c1ccc(N2CCC(C)C(O)C2)c(Cl)c1. The van der Waals surface area contributed by atoms with Gasteiger partial charge in [0.05, 0.1) is 16.8 Å². The smallest absolute Gasteiger partial charge is 0.0741 e. The van der Waals surface area contributed by atoms with Gasteiger partial charge in [0.25, 0.3) is 0 Å². The molecule has 1 fully saturated rings. The van der Waals surface area contributed by atoms with Crippen LogP contribution in [0.25, 0.3) is 0 Å². The number of halogens is 1. The van der Waals surface area contributed by atoms with E-state index in [-0.39, 0.29) is 6.10 Å². The molecule has 19 heavy (non-hydrogen) atoms. The summed E-state index contributed by atoms with van der Waals surface area (Å²) < 4.78 is 0. The van der Waals surface area contributed by atoms with E-state index >= 15 is 0 Å². The number of benzene rings is 1. The minimum atomic E-state index is -0.263. The second-order valence-electron chi connectivity index (χ2n) is 5.50. The Morgan fingerprint density at radius 3 is 2.79 bits per heavy atom. The molecule has 0 bridgehead atoms. The van der Waals surface area contributed by atoms with E-state index in [1.807, 2.05) is 13.1 Å². The molecule has 3 unspecified atom stereocenters. The molecule has 3 atom stereocenters. The fourth-order valence-corrected chi connectivity index (χ4v) is 2.79. The minimum Gasteiger partial charge on any atom is -0.391 e. The Kier molecular flexibility index (Phi) is 4.71. The largest absolute Gasteiger partial charge is 0.391 e. The first kappa shape index (κ1) is 14.6. The van der Waals surface area contributed by atoms with Crippen LogP contribution in [0.5, 0.6) is 0 Å². The van der Waals surface area contributed by atoms with Crippen molar-refractivity contribution in [2.45, 2.75) is 32.4 Å². The average molecular weight is 283 g/mol. The Labute approximate surface area is 120 Å². The molecule has 2 N–H and O–H groups in total. The van der Waals surface area contributed by atoms with Gasteiger partial charge in [0, 0.05) is 19.1 Å². The molecule has 0 radical (unpaired) electrons. The first-order chi connectivity index (χ1) is 9.02. The first-order valence-electron chi connectivity index (χ1n) is 6.92. The maximum atomic E-state index is 9.99. The summed E-state index contributed by atoms with van der Waals surface area (Å²) >= 11 is 6.40. The number of aliphatic hydroxyl groups is 1. The summed E-state index contributed by atoms with van der Waals surface area (Å²) in [4.78, 5) is 2.18. The van der Waals surface area contributed by atoms with E-state index in [1.54, 1.807) is 0 Å². The number of piperidine rings is 1. The summed E-state index contributed by atoms with van der Waals surface area (Å²) in [6, 6.07) is 6.47. The van der Waals surface area contributed by atoms with Crippen molar-refractivity contribution in [2.75, 3.05) is 25.0 Å². The fourth-order valence-electron chi connectivity index (χ4n) is 2.48. The molecule has 0 saturated carbocycles. The second kappa shape index (κ2) is 6.12. The van der Waals surface area contributed by atoms with Gasteiger partial charge in [-0.1, -0.05) is 24.6 Å². The zero-order valence-electron chi connectivity index (χ0n) is 11.9. The molecular formula is C15H23ClN2O.